The highest BCUT2D eigenvalue weighted by Crippen LogP contribution is 2.42. The Morgan fingerprint density at radius 3 is 2.53 bits per heavy atom. The van der Waals surface area contributed by atoms with Gasteiger partial charge >= 0.3 is 0 Å². The van der Waals surface area contributed by atoms with Crippen LogP contribution in [0, 0.1) is 5.92 Å². The standard InChI is InChI=1S/C14H26N2O/c1-13(2)7-12(14(3,4)17-13)16-8-10-5-6-15-11(10)9-16/h10-12,15H,5-9H2,1-4H3/t10-,11+,12?/m0/s1. The van der Waals surface area contributed by atoms with E-state index in [9.17, 15) is 0 Å². The van der Waals surface area contributed by atoms with Crippen LogP contribution in [-0.2, 0) is 4.74 Å². The van der Waals surface area contributed by atoms with Crippen molar-refractivity contribution in [2.75, 3.05) is 19.6 Å². The first-order chi connectivity index (χ1) is 7.87. The van der Waals surface area contributed by atoms with Gasteiger partial charge in [-0.25, -0.2) is 0 Å². The lowest BCUT2D eigenvalue weighted by Crippen LogP contribution is -2.46. The van der Waals surface area contributed by atoms with Crippen molar-refractivity contribution >= 4 is 0 Å². The van der Waals surface area contributed by atoms with Crippen LogP contribution in [0.15, 0.2) is 0 Å². The number of fused-ring (bicyclic) bond motifs is 1. The molecule has 0 aromatic carbocycles. The summed E-state index contributed by atoms with van der Waals surface area (Å²) in [4.78, 5) is 2.68. The maximum Gasteiger partial charge on any atom is 0.0789 e. The Balaban J connectivity index is 1.73. The average Bonchev–Trinajstić information content (AvgIpc) is 2.74. The van der Waals surface area contributed by atoms with Crippen molar-refractivity contribution in [3.63, 3.8) is 0 Å². The van der Waals surface area contributed by atoms with Crippen LogP contribution in [0.5, 0.6) is 0 Å². The lowest BCUT2D eigenvalue weighted by atomic mass is 9.93. The van der Waals surface area contributed by atoms with E-state index in [-0.39, 0.29) is 11.2 Å². The van der Waals surface area contributed by atoms with E-state index in [0.717, 1.165) is 12.0 Å². The summed E-state index contributed by atoms with van der Waals surface area (Å²) < 4.78 is 6.22. The summed E-state index contributed by atoms with van der Waals surface area (Å²) in [5.41, 5.74) is 0.0431. The Morgan fingerprint density at radius 1 is 1.18 bits per heavy atom. The molecule has 3 nitrogen and oxygen atoms in total. The van der Waals surface area contributed by atoms with Gasteiger partial charge in [-0.05, 0) is 53.0 Å². The largest absolute Gasteiger partial charge is 0.368 e. The van der Waals surface area contributed by atoms with E-state index < -0.39 is 0 Å². The van der Waals surface area contributed by atoms with Gasteiger partial charge in [-0.2, -0.15) is 0 Å². The normalized spacial score (nSPS) is 44.1. The minimum Gasteiger partial charge on any atom is -0.368 e. The molecule has 3 aliphatic heterocycles. The first kappa shape index (κ1) is 11.9. The van der Waals surface area contributed by atoms with Gasteiger partial charge in [-0.1, -0.05) is 0 Å². The molecule has 0 aromatic heterocycles. The zero-order valence-electron chi connectivity index (χ0n) is 11.6. The molecule has 0 aliphatic carbocycles. The smallest absolute Gasteiger partial charge is 0.0789 e. The predicted octanol–water partition coefficient (Wildman–Crippen LogP) is 1.63. The molecule has 0 amide bonds. The molecule has 0 saturated carbocycles. The molecule has 1 unspecified atom stereocenters. The maximum atomic E-state index is 6.22. The molecule has 3 aliphatic rings. The second-order valence-electron chi connectivity index (χ2n) is 7.25. The highest BCUT2D eigenvalue weighted by molar-refractivity contribution is 5.05. The molecule has 0 radical (unpaired) electrons. The fourth-order valence-corrected chi connectivity index (χ4v) is 4.24. The van der Waals surface area contributed by atoms with Gasteiger partial charge in [0, 0.05) is 25.2 Å². The molecule has 1 N–H and O–H groups in total. The van der Waals surface area contributed by atoms with E-state index in [2.05, 4.69) is 37.9 Å². The monoisotopic (exact) mass is 238 g/mol. The van der Waals surface area contributed by atoms with E-state index >= 15 is 0 Å². The number of likely N-dealkylation sites (tertiary alicyclic amines) is 1. The molecule has 0 bridgehead atoms. The topological polar surface area (TPSA) is 24.5 Å². The van der Waals surface area contributed by atoms with Gasteiger partial charge in [-0.15, -0.1) is 0 Å². The lowest BCUT2D eigenvalue weighted by Gasteiger charge is -2.34. The maximum absolute atomic E-state index is 6.22. The fraction of sp³-hybridized carbons (Fsp3) is 1.00. The van der Waals surface area contributed by atoms with Crippen LogP contribution >= 0.6 is 0 Å². The summed E-state index contributed by atoms with van der Waals surface area (Å²) >= 11 is 0. The van der Waals surface area contributed by atoms with Gasteiger partial charge in [0.15, 0.2) is 0 Å². The van der Waals surface area contributed by atoms with Crippen LogP contribution in [0.1, 0.15) is 40.5 Å². The molecule has 3 saturated heterocycles. The average molecular weight is 238 g/mol. The number of rotatable bonds is 1. The third kappa shape index (κ3) is 2.02. The van der Waals surface area contributed by atoms with E-state index in [1.807, 2.05) is 0 Å². The summed E-state index contributed by atoms with van der Waals surface area (Å²) in [5.74, 6) is 0.884. The van der Waals surface area contributed by atoms with Crippen molar-refractivity contribution in [3.05, 3.63) is 0 Å². The summed E-state index contributed by atoms with van der Waals surface area (Å²) in [7, 11) is 0. The summed E-state index contributed by atoms with van der Waals surface area (Å²) in [6, 6.07) is 1.33. The zero-order chi connectivity index (χ0) is 12.3. The molecule has 3 heterocycles. The van der Waals surface area contributed by atoms with Gasteiger partial charge in [0.25, 0.3) is 0 Å². The molecule has 0 spiro atoms. The van der Waals surface area contributed by atoms with Gasteiger partial charge in [-0.3, -0.25) is 4.90 Å². The lowest BCUT2D eigenvalue weighted by molar-refractivity contribution is -0.0792. The third-order valence-electron chi connectivity index (χ3n) is 4.86. The molecule has 0 aromatic rings. The Morgan fingerprint density at radius 2 is 1.94 bits per heavy atom. The van der Waals surface area contributed by atoms with E-state index in [1.165, 1.54) is 32.5 Å². The predicted molar refractivity (Wildman–Crippen MR) is 69.1 cm³/mol. The summed E-state index contributed by atoms with van der Waals surface area (Å²) in [5, 5.41) is 3.64. The van der Waals surface area contributed by atoms with E-state index in [0.29, 0.717) is 6.04 Å². The van der Waals surface area contributed by atoms with Crippen molar-refractivity contribution in [3.8, 4) is 0 Å². The van der Waals surface area contributed by atoms with Crippen LogP contribution in [0.4, 0.5) is 0 Å². The Labute approximate surface area is 105 Å². The Kier molecular flexibility index (Phi) is 2.59. The minimum atomic E-state index is 0.00212. The van der Waals surface area contributed by atoms with Crippen molar-refractivity contribution < 1.29 is 4.74 Å². The number of ether oxygens (including phenoxy) is 1. The minimum absolute atomic E-state index is 0.00212. The quantitative estimate of drug-likeness (QED) is 0.751. The van der Waals surface area contributed by atoms with Crippen molar-refractivity contribution in [1.82, 2.24) is 10.2 Å². The first-order valence-electron chi connectivity index (χ1n) is 7.05. The number of nitrogens with zero attached hydrogens (tertiary/aromatic N) is 1. The van der Waals surface area contributed by atoms with Crippen LogP contribution in [-0.4, -0.2) is 47.8 Å². The van der Waals surface area contributed by atoms with Crippen LogP contribution in [0.3, 0.4) is 0 Å². The molecule has 17 heavy (non-hydrogen) atoms. The fourth-order valence-electron chi connectivity index (χ4n) is 4.24. The van der Waals surface area contributed by atoms with Crippen LogP contribution < -0.4 is 5.32 Å². The second-order valence-corrected chi connectivity index (χ2v) is 7.25. The SMILES string of the molecule is CC1(C)CC(N2C[C@@H]3CCN[C@@H]3C2)C(C)(C)O1. The summed E-state index contributed by atoms with van der Waals surface area (Å²) in [6.45, 7) is 12.7. The molecule has 98 valence electrons. The molecular weight excluding hydrogens is 212 g/mol. The number of hydrogen-bond donors (Lipinski definition) is 1. The zero-order valence-corrected chi connectivity index (χ0v) is 11.6. The van der Waals surface area contributed by atoms with Crippen molar-refractivity contribution in [1.29, 1.82) is 0 Å². The van der Waals surface area contributed by atoms with Gasteiger partial charge in [0.05, 0.1) is 11.2 Å². The van der Waals surface area contributed by atoms with Gasteiger partial charge < -0.3 is 10.1 Å². The molecule has 3 atom stereocenters. The highest BCUT2D eigenvalue weighted by Gasteiger charge is 2.51. The molecule has 3 rings (SSSR count). The van der Waals surface area contributed by atoms with Gasteiger partial charge in [0.2, 0.25) is 0 Å². The first-order valence-corrected chi connectivity index (χ1v) is 7.05. The Bertz CT molecular complexity index is 301. The Hall–Kier alpha value is -0.120. The molecule has 3 fully saturated rings. The van der Waals surface area contributed by atoms with Crippen molar-refractivity contribution in [2.24, 2.45) is 5.92 Å². The van der Waals surface area contributed by atoms with E-state index in [4.69, 9.17) is 4.74 Å². The van der Waals surface area contributed by atoms with Crippen LogP contribution in [0.2, 0.25) is 0 Å². The summed E-state index contributed by atoms with van der Waals surface area (Å²) in [6.07, 6.45) is 2.53. The van der Waals surface area contributed by atoms with E-state index in [1.54, 1.807) is 0 Å². The number of nitrogens with one attached hydrogen (secondary N) is 1. The van der Waals surface area contributed by atoms with Crippen molar-refractivity contribution in [2.45, 2.75) is 63.8 Å². The molecule has 3 heteroatoms. The second kappa shape index (κ2) is 3.69. The van der Waals surface area contributed by atoms with Gasteiger partial charge in [0.1, 0.15) is 0 Å². The number of hydrogen-bond acceptors (Lipinski definition) is 3. The highest BCUT2D eigenvalue weighted by atomic mass is 16.5. The third-order valence-corrected chi connectivity index (χ3v) is 4.86. The molecular formula is C14H26N2O. The van der Waals surface area contributed by atoms with Crippen LogP contribution in [0.25, 0.3) is 0 Å².